The normalized spacial score (nSPS) is 13.9. The van der Waals surface area contributed by atoms with Crippen LogP contribution >= 0.6 is 0 Å². The highest BCUT2D eigenvalue weighted by atomic mass is 16.5. The second kappa shape index (κ2) is 10.7. The molecule has 0 aliphatic carbocycles. The first kappa shape index (κ1) is 23.6. The van der Waals surface area contributed by atoms with E-state index in [1.54, 1.807) is 37.6 Å². The molecule has 36 heavy (non-hydrogen) atoms. The first-order valence-corrected chi connectivity index (χ1v) is 11.8. The molecular weight excluding hydrogens is 460 g/mol. The van der Waals surface area contributed by atoms with Crippen LogP contribution in [0.5, 0.6) is 17.2 Å². The number of ether oxygens (including phenoxy) is 4. The quantitative estimate of drug-likeness (QED) is 0.358. The molecule has 0 spiro atoms. The molecule has 9 heteroatoms. The van der Waals surface area contributed by atoms with Crippen LogP contribution in [-0.4, -0.2) is 54.2 Å². The molecule has 0 radical (unpaired) electrons. The number of nitrogens with one attached hydrogen (secondary N) is 1. The third-order valence-corrected chi connectivity index (χ3v) is 6.15. The van der Waals surface area contributed by atoms with Crippen LogP contribution in [0.3, 0.4) is 0 Å². The maximum absolute atomic E-state index is 11.8. The second-order valence-corrected chi connectivity index (χ2v) is 8.51. The van der Waals surface area contributed by atoms with Crippen molar-refractivity contribution in [3.63, 3.8) is 0 Å². The van der Waals surface area contributed by atoms with Gasteiger partial charge in [-0.3, -0.25) is 0 Å². The molecule has 4 aromatic rings. The molecule has 9 nitrogen and oxygen atoms in total. The number of hydrogen-bond acceptors (Lipinski definition) is 8. The summed E-state index contributed by atoms with van der Waals surface area (Å²) in [6.45, 7) is 1.98. The number of carbonyl (C=O) groups is 1. The van der Waals surface area contributed by atoms with Gasteiger partial charge >= 0.3 is 5.97 Å². The van der Waals surface area contributed by atoms with Gasteiger partial charge < -0.3 is 24.3 Å². The number of hydrogen-bond donors (Lipinski definition) is 1. The van der Waals surface area contributed by atoms with Crippen molar-refractivity contribution in [2.45, 2.75) is 25.4 Å². The van der Waals surface area contributed by atoms with Crippen molar-refractivity contribution in [2.75, 3.05) is 32.8 Å². The molecule has 1 fully saturated rings. The van der Waals surface area contributed by atoms with E-state index in [-0.39, 0.29) is 6.04 Å². The van der Waals surface area contributed by atoms with Gasteiger partial charge in [-0.25, -0.2) is 14.5 Å². The predicted molar refractivity (Wildman–Crippen MR) is 135 cm³/mol. The molecule has 1 N–H and O–H groups in total. The Morgan fingerprint density at radius 3 is 2.44 bits per heavy atom. The van der Waals surface area contributed by atoms with Gasteiger partial charge in [-0.15, -0.1) is 0 Å². The molecule has 1 aliphatic rings. The van der Waals surface area contributed by atoms with Crippen LogP contribution in [0.15, 0.2) is 60.8 Å². The van der Waals surface area contributed by atoms with Gasteiger partial charge in [0.05, 0.1) is 26.3 Å². The lowest BCUT2D eigenvalue weighted by Gasteiger charge is -2.23. The SMILES string of the molecule is COC(=O)c1ccc(Oc2ccnc3c2c(NC2CCOCC2)nn3Cc2ccc(OC)cc2)cc1. The van der Waals surface area contributed by atoms with Crippen LogP contribution in [0.4, 0.5) is 5.82 Å². The van der Waals surface area contributed by atoms with Gasteiger partial charge in [0, 0.05) is 31.5 Å². The maximum Gasteiger partial charge on any atom is 0.337 e. The summed E-state index contributed by atoms with van der Waals surface area (Å²) in [6, 6.07) is 16.8. The number of fused-ring (bicyclic) bond motifs is 1. The van der Waals surface area contributed by atoms with E-state index < -0.39 is 5.97 Å². The summed E-state index contributed by atoms with van der Waals surface area (Å²) >= 11 is 0. The minimum Gasteiger partial charge on any atom is -0.497 e. The van der Waals surface area contributed by atoms with Crippen LogP contribution < -0.4 is 14.8 Å². The molecule has 3 heterocycles. The number of methoxy groups -OCH3 is 2. The zero-order valence-electron chi connectivity index (χ0n) is 20.3. The molecule has 1 aliphatic heterocycles. The fourth-order valence-electron chi connectivity index (χ4n) is 4.21. The molecule has 5 rings (SSSR count). The second-order valence-electron chi connectivity index (χ2n) is 8.51. The highest BCUT2D eigenvalue weighted by Crippen LogP contribution is 2.35. The minimum absolute atomic E-state index is 0.249. The maximum atomic E-state index is 11.8. The fraction of sp³-hybridized carbons (Fsp3) is 0.296. The first-order valence-electron chi connectivity index (χ1n) is 11.8. The molecule has 2 aromatic carbocycles. The number of nitrogens with zero attached hydrogens (tertiary/aromatic N) is 3. The predicted octanol–water partition coefficient (Wildman–Crippen LogP) is 4.66. The first-order chi connectivity index (χ1) is 17.6. The molecule has 0 bridgehead atoms. The Morgan fingerprint density at radius 1 is 1.03 bits per heavy atom. The Hall–Kier alpha value is -4.11. The number of aromatic nitrogens is 3. The van der Waals surface area contributed by atoms with Crippen LogP contribution in [-0.2, 0) is 16.0 Å². The van der Waals surface area contributed by atoms with Crippen molar-refractivity contribution in [1.29, 1.82) is 0 Å². The highest BCUT2D eigenvalue weighted by molar-refractivity contribution is 5.94. The molecular formula is C27H28N4O5. The average Bonchev–Trinajstić information content (AvgIpc) is 3.27. The van der Waals surface area contributed by atoms with Crippen LogP contribution in [0.25, 0.3) is 11.0 Å². The molecule has 0 atom stereocenters. The van der Waals surface area contributed by atoms with E-state index in [0.717, 1.165) is 48.6 Å². The van der Waals surface area contributed by atoms with Crippen LogP contribution in [0.1, 0.15) is 28.8 Å². The van der Waals surface area contributed by atoms with Gasteiger partial charge in [-0.1, -0.05) is 12.1 Å². The largest absolute Gasteiger partial charge is 0.497 e. The lowest BCUT2D eigenvalue weighted by molar-refractivity contribution is 0.0600. The van der Waals surface area contributed by atoms with E-state index in [9.17, 15) is 4.79 Å². The summed E-state index contributed by atoms with van der Waals surface area (Å²) in [7, 11) is 3.01. The van der Waals surface area contributed by atoms with Gasteiger partial charge in [0.1, 0.15) is 22.6 Å². The Morgan fingerprint density at radius 2 is 1.75 bits per heavy atom. The molecule has 2 aromatic heterocycles. The zero-order valence-corrected chi connectivity index (χ0v) is 20.3. The average molecular weight is 489 g/mol. The van der Waals surface area contributed by atoms with Gasteiger partial charge in [-0.05, 0) is 54.8 Å². The summed E-state index contributed by atoms with van der Waals surface area (Å²) in [6.07, 6.45) is 3.52. The lowest BCUT2D eigenvalue weighted by Crippen LogP contribution is -2.28. The number of anilines is 1. The summed E-state index contributed by atoms with van der Waals surface area (Å²) in [5, 5.41) is 9.30. The highest BCUT2D eigenvalue weighted by Gasteiger charge is 2.21. The van der Waals surface area contributed by atoms with Gasteiger partial charge in [0.15, 0.2) is 11.5 Å². The summed E-state index contributed by atoms with van der Waals surface area (Å²) in [5.74, 6) is 2.35. The minimum atomic E-state index is -0.393. The summed E-state index contributed by atoms with van der Waals surface area (Å²) < 4.78 is 23.7. The molecule has 1 saturated heterocycles. The number of rotatable bonds is 8. The van der Waals surface area contributed by atoms with Crippen LogP contribution in [0.2, 0.25) is 0 Å². The van der Waals surface area contributed by atoms with Crippen molar-refractivity contribution >= 4 is 22.8 Å². The fourth-order valence-corrected chi connectivity index (χ4v) is 4.21. The van der Waals surface area contributed by atoms with Gasteiger partial charge in [-0.2, -0.15) is 5.10 Å². The number of benzene rings is 2. The number of carbonyl (C=O) groups excluding carboxylic acids is 1. The van der Waals surface area contributed by atoms with E-state index in [0.29, 0.717) is 29.3 Å². The topological polar surface area (TPSA) is 96.7 Å². The zero-order chi connectivity index (χ0) is 24.9. The monoisotopic (exact) mass is 488 g/mol. The van der Waals surface area contributed by atoms with Gasteiger partial charge in [0.2, 0.25) is 0 Å². The Kier molecular flexibility index (Phi) is 6.99. The molecule has 0 saturated carbocycles. The summed E-state index contributed by atoms with van der Waals surface area (Å²) in [4.78, 5) is 16.4. The van der Waals surface area contributed by atoms with E-state index in [4.69, 9.17) is 24.0 Å². The van der Waals surface area contributed by atoms with E-state index in [1.165, 1.54) is 7.11 Å². The summed E-state index contributed by atoms with van der Waals surface area (Å²) in [5.41, 5.74) is 2.24. The molecule has 186 valence electrons. The Bertz CT molecular complexity index is 1330. The standard InChI is InChI=1S/C27H28N4O5/c1-33-21-7-3-18(4-8-21)17-31-26-24(25(30-31)29-20-12-15-35-16-13-20)23(11-14-28-26)36-22-9-5-19(6-10-22)27(32)34-2/h3-11,14,20H,12-13,15-17H2,1-2H3,(H,29,30). The van der Waals surface area contributed by atoms with E-state index in [2.05, 4.69) is 10.3 Å². The third-order valence-electron chi connectivity index (χ3n) is 6.15. The smallest absolute Gasteiger partial charge is 0.337 e. The van der Waals surface area contributed by atoms with Crippen LogP contribution in [0, 0.1) is 0 Å². The Balaban J connectivity index is 1.50. The Labute approximate surface area is 208 Å². The number of esters is 1. The molecule has 0 amide bonds. The third kappa shape index (κ3) is 5.11. The van der Waals surface area contributed by atoms with Crippen molar-refractivity contribution in [3.05, 3.63) is 71.9 Å². The van der Waals surface area contributed by atoms with E-state index >= 15 is 0 Å². The van der Waals surface area contributed by atoms with Crippen molar-refractivity contribution in [3.8, 4) is 17.2 Å². The van der Waals surface area contributed by atoms with Crippen molar-refractivity contribution < 1.29 is 23.7 Å². The van der Waals surface area contributed by atoms with Crippen molar-refractivity contribution in [2.24, 2.45) is 0 Å². The van der Waals surface area contributed by atoms with Crippen molar-refractivity contribution in [1.82, 2.24) is 14.8 Å². The van der Waals surface area contributed by atoms with E-state index in [1.807, 2.05) is 35.0 Å². The lowest BCUT2D eigenvalue weighted by atomic mass is 10.1. The molecule has 0 unspecified atom stereocenters. The van der Waals surface area contributed by atoms with Gasteiger partial charge in [0.25, 0.3) is 0 Å². The number of pyridine rings is 1.